The van der Waals surface area contributed by atoms with Crippen LogP contribution in [-0.2, 0) is 14.3 Å². The van der Waals surface area contributed by atoms with Crippen molar-refractivity contribution in [3.63, 3.8) is 0 Å². The molecule has 0 spiro atoms. The van der Waals surface area contributed by atoms with E-state index in [-0.39, 0.29) is 42.7 Å². The second-order valence-corrected chi connectivity index (χ2v) is 6.35. The Labute approximate surface area is 158 Å². The third-order valence-corrected chi connectivity index (χ3v) is 5.03. The van der Waals surface area contributed by atoms with Crippen LogP contribution in [0, 0.1) is 5.92 Å². The summed E-state index contributed by atoms with van der Waals surface area (Å²) in [7, 11) is 1.73. The van der Waals surface area contributed by atoms with E-state index in [9.17, 15) is 4.79 Å². The van der Waals surface area contributed by atoms with Gasteiger partial charge in [-0.1, -0.05) is 6.92 Å². The van der Waals surface area contributed by atoms with Crippen molar-refractivity contribution < 1.29 is 14.3 Å². The SMILES string of the molecule is CCC1CN(C(=O)C(N)C2CCOCC2)CCN1CCOC.Cl.Cl. The van der Waals surface area contributed by atoms with Crippen LogP contribution in [0.2, 0.25) is 0 Å². The molecule has 2 aliphatic heterocycles. The number of carbonyl (C=O) groups is 1. The number of piperazine rings is 1. The Balaban J connectivity index is 0.00000264. The average molecular weight is 386 g/mol. The Bertz CT molecular complexity index is 357. The van der Waals surface area contributed by atoms with E-state index in [1.807, 2.05) is 4.90 Å². The summed E-state index contributed by atoms with van der Waals surface area (Å²) in [5.74, 6) is 0.393. The van der Waals surface area contributed by atoms with Gasteiger partial charge < -0.3 is 20.1 Å². The number of nitrogens with zero attached hydrogens (tertiary/aromatic N) is 2. The first-order valence-corrected chi connectivity index (χ1v) is 8.52. The van der Waals surface area contributed by atoms with Gasteiger partial charge in [0.2, 0.25) is 5.91 Å². The number of methoxy groups -OCH3 is 1. The van der Waals surface area contributed by atoms with Crippen molar-refractivity contribution in [2.45, 2.75) is 38.3 Å². The third kappa shape index (κ3) is 6.32. The molecule has 0 bridgehead atoms. The summed E-state index contributed by atoms with van der Waals surface area (Å²) in [6.07, 6.45) is 2.84. The summed E-state index contributed by atoms with van der Waals surface area (Å²) in [5.41, 5.74) is 6.24. The van der Waals surface area contributed by atoms with Gasteiger partial charge in [-0.25, -0.2) is 0 Å². The molecule has 0 saturated carbocycles. The van der Waals surface area contributed by atoms with Crippen molar-refractivity contribution in [1.29, 1.82) is 0 Å². The lowest BCUT2D eigenvalue weighted by Crippen LogP contribution is -2.59. The van der Waals surface area contributed by atoms with E-state index in [0.717, 1.165) is 65.3 Å². The van der Waals surface area contributed by atoms with Gasteiger partial charge in [-0.3, -0.25) is 9.69 Å². The van der Waals surface area contributed by atoms with Gasteiger partial charge in [0.25, 0.3) is 0 Å². The van der Waals surface area contributed by atoms with Gasteiger partial charge in [-0.15, -0.1) is 24.8 Å². The highest BCUT2D eigenvalue weighted by molar-refractivity contribution is 5.85. The second kappa shape index (κ2) is 12.3. The Kier molecular flexibility index (Phi) is 12.2. The molecule has 2 saturated heterocycles. The monoisotopic (exact) mass is 385 g/mol. The quantitative estimate of drug-likeness (QED) is 0.742. The van der Waals surface area contributed by atoms with Gasteiger partial charge in [0.1, 0.15) is 0 Å². The number of ether oxygens (including phenoxy) is 2. The van der Waals surface area contributed by atoms with E-state index >= 15 is 0 Å². The topological polar surface area (TPSA) is 68.0 Å². The zero-order valence-corrected chi connectivity index (χ0v) is 16.4. The van der Waals surface area contributed by atoms with Crippen LogP contribution < -0.4 is 5.73 Å². The van der Waals surface area contributed by atoms with Gasteiger partial charge in [0.05, 0.1) is 12.6 Å². The molecular formula is C16H33Cl2N3O3. The number of hydrogen-bond acceptors (Lipinski definition) is 5. The Morgan fingerprint density at radius 2 is 1.96 bits per heavy atom. The zero-order valence-electron chi connectivity index (χ0n) is 14.8. The maximum absolute atomic E-state index is 12.7. The van der Waals surface area contributed by atoms with Crippen LogP contribution in [0.25, 0.3) is 0 Å². The number of hydrogen-bond donors (Lipinski definition) is 1. The molecule has 0 aromatic carbocycles. The molecule has 2 atom stereocenters. The van der Waals surface area contributed by atoms with Gasteiger partial charge in [0.15, 0.2) is 0 Å². The molecule has 2 aliphatic rings. The summed E-state index contributed by atoms with van der Waals surface area (Å²) < 4.78 is 10.5. The summed E-state index contributed by atoms with van der Waals surface area (Å²) >= 11 is 0. The molecule has 2 fully saturated rings. The molecule has 0 aliphatic carbocycles. The molecule has 0 radical (unpaired) electrons. The maximum atomic E-state index is 12.7. The lowest BCUT2D eigenvalue weighted by Gasteiger charge is -2.42. The Morgan fingerprint density at radius 3 is 2.54 bits per heavy atom. The van der Waals surface area contributed by atoms with Crippen molar-refractivity contribution in [1.82, 2.24) is 9.80 Å². The predicted octanol–water partition coefficient (Wildman–Crippen LogP) is 1.15. The fourth-order valence-electron chi connectivity index (χ4n) is 3.47. The van der Waals surface area contributed by atoms with E-state index in [0.29, 0.717) is 6.04 Å². The van der Waals surface area contributed by atoms with Crippen LogP contribution in [0.4, 0.5) is 0 Å². The average Bonchev–Trinajstić information content (AvgIpc) is 2.59. The number of nitrogens with two attached hydrogens (primary N) is 1. The minimum atomic E-state index is -0.369. The highest BCUT2D eigenvalue weighted by Gasteiger charge is 2.34. The summed E-state index contributed by atoms with van der Waals surface area (Å²) in [6, 6.07) is 0.0432. The van der Waals surface area contributed by atoms with Crippen molar-refractivity contribution in [2.75, 3.05) is 53.1 Å². The molecule has 8 heteroatoms. The summed E-state index contributed by atoms with van der Waals surface area (Å²) in [4.78, 5) is 17.1. The van der Waals surface area contributed by atoms with Crippen molar-refractivity contribution in [2.24, 2.45) is 11.7 Å². The molecule has 2 unspecified atom stereocenters. The van der Waals surface area contributed by atoms with Crippen molar-refractivity contribution in [3.8, 4) is 0 Å². The maximum Gasteiger partial charge on any atom is 0.239 e. The van der Waals surface area contributed by atoms with Crippen LogP contribution in [0.1, 0.15) is 26.2 Å². The first-order valence-electron chi connectivity index (χ1n) is 8.52. The summed E-state index contributed by atoms with van der Waals surface area (Å²) in [5, 5.41) is 0. The van der Waals surface area contributed by atoms with Crippen LogP contribution in [0.5, 0.6) is 0 Å². The normalized spacial score (nSPS) is 24.0. The van der Waals surface area contributed by atoms with Gasteiger partial charge in [0, 0.05) is 52.5 Å². The number of amides is 1. The van der Waals surface area contributed by atoms with E-state index in [1.54, 1.807) is 7.11 Å². The first kappa shape index (κ1) is 23.9. The molecule has 1 amide bonds. The van der Waals surface area contributed by atoms with Gasteiger partial charge >= 0.3 is 0 Å². The third-order valence-electron chi connectivity index (χ3n) is 5.03. The fourth-order valence-corrected chi connectivity index (χ4v) is 3.47. The highest BCUT2D eigenvalue weighted by atomic mass is 35.5. The smallest absolute Gasteiger partial charge is 0.239 e. The van der Waals surface area contributed by atoms with E-state index in [2.05, 4.69) is 11.8 Å². The number of carbonyl (C=O) groups excluding carboxylic acids is 1. The Hall–Kier alpha value is -0.110. The molecular weight excluding hydrogens is 353 g/mol. The lowest BCUT2D eigenvalue weighted by molar-refractivity contribution is -0.138. The molecule has 24 heavy (non-hydrogen) atoms. The standard InChI is InChI=1S/C16H31N3O3.2ClH/c1-3-14-12-19(7-6-18(14)8-11-21-2)16(20)15(17)13-4-9-22-10-5-13;;/h13-15H,3-12,17H2,1-2H3;2*1H. The van der Waals surface area contributed by atoms with Crippen LogP contribution >= 0.6 is 24.8 Å². The van der Waals surface area contributed by atoms with Crippen LogP contribution in [0.3, 0.4) is 0 Å². The lowest BCUT2D eigenvalue weighted by atomic mass is 9.91. The number of halogens is 2. The molecule has 0 aromatic heterocycles. The van der Waals surface area contributed by atoms with Crippen LogP contribution in [-0.4, -0.2) is 80.9 Å². The Morgan fingerprint density at radius 1 is 1.29 bits per heavy atom. The largest absolute Gasteiger partial charge is 0.383 e. The molecule has 0 aromatic rings. The minimum absolute atomic E-state index is 0. The fraction of sp³-hybridized carbons (Fsp3) is 0.938. The van der Waals surface area contributed by atoms with Crippen LogP contribution in [0.15, 0.2) is 0 Å². The molecule has 6 nitrogen and oxygen atoms in total. The van der Waals surface area contributed by atoms with Crippen molar-refractivity contribution >= 4 is 30.7 Å². The molecule has 2 rings (SSSR count). The number of rotatable bonds is 6. The first-order chi connectivity index (χ1) is 10.7. The van der Waals surface area contributed by atoms with Gasteiger partial charge in [-0.2, -0.15) is 0 Å². The summed E-state index contributed by atoms with van der Waals surface area (Å²) in [6.45, 7) is 7.79. The zero-order chi connectivity index (χ0) is 15.9. The van der Waals surface area contributed by atoms with E-state index in [1.165, 1.54) is 0 Å². The predicted molar refractivity (Wildman–Crippen MR) is 100 cm³/mol. The molecule has 2 heterocycles. The highest BCUT2D eigenvalue weighted by Crippen LogP contribution is 2.21. The molecule has 144 valence electrons. The van der Waals surface area contributed by atoms with Gasteiger partial charge in [-0.05, 0) is 25.2 Å². The second-order valence-electron chi connectivity index (χ2n) is 6.35. The molecule has 2 N–H and O–H groups in total. The van der Waals surface area contributed by atoms with Crippen molar-refractivity contribution in [3.05, 3.63) is 0 Å². The van der Waals surface area contributed by atoms with E-state index in [4.69, 9.17) is 15.2 Å². The van der Waals surface area contributed by atoms with E-state index < -0.39 is 0 Å². The minimum Gasteiger partial charge on any atom is -0.383 e.